The maximum Gasteiger partial charge on any atom is 0.0563 e. The molecule has 1 unspecified atom stereocenters. The first-order valence-electron chi connectivity index (χ1n) is 6.26. The highest BCUT2D eigenvalue weighted by Gasteiger charge is 2.30. The fourth-order valence-corrected chi connectivity index (χ4v) is 2.62. The number of para-hydroxylation sites is 1. The number of nitrogens with one attached hydrogen (secondary N) is 1. The maximum absolute atomic E-state index is 3.69. The molecule has 0 radical (unpaired) electrons. The lowest BCUT2D eigenvalue weighted by atomic mass is 9.94. The molecule has 0 fully saturated rings. The standard InChI is InChI=1S/C15H18N2/c1-3-15(2)14-9-6-10-17(14)13-8-5-4-7-12(13)11-16-15/h4-10,16H,3,11H2,1-2H3. The molecule has 0 saturated heterocycles. The molecule has 2 heterocycles. The average Bonchev–Trinajstić information content (AvgIpc) is 2.82. The van der Waals surface area contributed by atoms with Crippen LogP contribution in [0.1, 0.15) is 31.5 Å². The predicted molar refractivity (Wildman–Crippen MR) is 70.3 cm³/mol. The second kappa shape index (κ2) is 3.74. The molecule has 17 heavy (non-hydrogen) atoms. The zero-order valence-corrected chi connectivity index (χ0v) is 10.4. The summed E-state index contributed by atoms with van der Waals surface area (Å²) in [4.78, 5) is 0. The predicted octanol–water partition coefficient (Wildman–Crippen LogP) is 3.21. The van der Waals surface area contributed by atoms with E-state index < -0.39 is 0 Å². The number of aromatic nitrogens is 1. The van der Waals surface area contributed by atoms with E-state index in [0.29, 0.717) is 0 Å². The van der Waals surface area contributed by atoms with Gasteiger partial charge in [-0.2, -0.15) is 0 Å². The number of hydrogen-bond acceptors (Lipinski definition) is 1. The fraction of sp³-hybridized carbons (Fsp3) is 0.333. The highest BCUT2D eigenvalue weighted by molar-refractivity contribution is 5.45. The van der Waals surface area contributed by atoms with Gasteiger partial charge in [0.1, 0.15) is 0 Å². The van der Waals surface area contributed by atoms with Gasteiger partial charge in [0.25, 0.3) is 0 Å². The Balaban J connectivity index is 2.25. The molecular weight excluding hydrogens is 208 g/mol. The maximum atomic E-state index is 3.69. The molecule has 2 heteroatoms. The van der Waals surface area contributed by atoms with Gasteiger partial charge in [-0.05, 0) is 37.1 Å². The molecular formula is C15H18N2. The summed E-state index contributed by atoms with van der Waals surface area (Å²) in [5, 5.41) is 3.69. The van der Waals surface area contributed by atoms with Crippen molar-refractivity contribution in [1.29, 1.82) is 0 Å². The molecule has 0 bridgehead atoms. The zero-order valence-electron chi connectivity index (χ0n) is 10.4. The Morgan fingerprint density at radius 1 is 1.24 bits per heavy atom. The summed E-state index contributed by atoms with van der Waals surface area (Å²) in [5.74, 6) is 0. The van der Waals surface area contributed by atoms with Crippen molar-refractivity contribution in [2.75, 3.05) is 0 Å². The smallest absolute Gasteiger partial charge is 0.0563 e. The van der Waals surface area contributed by atoms with E-state index in [-0.39, 0.29) is 5.54 Å². The lowest BCUT2D eigenvalue weighted by Crippen LogP contribution is -2.38. The molecule has 3 rings (SSSR count). The van der Waals surface area contributed by atoms with Crippen LogP contribution < -0.4 is 5.32 Å². The molecule has 88 valence electrons. The van der Waals surface area contributed by atoms with Gasteiger partial charge >= 0.3 is 0 Å². The van der Waals surface area contributed by atoms with Gasteiger partial charge < -0.3 is 9.88 Å². The molecule has 2 nitrogen and oxygen atoms in total. The highest BCUT2D eigenvalue weighted by atomic mass is 15.1. The zero-order chi connectivity index (χ0) is 11.9. The van der Waals surface area contributed by atoms with Gasteiger partial charge in [-0.15, -0.1) is 0 Å². The molecule has 0 aliphatic carbocycles. The van der Waals surface area contributed by atoms with Crippen molar-refractivity contribution in [2.45, 2.75) is 32.4 Å². The van der Waals surface area contributed by atoms with Crippen LogP contribution in [0.5, 0.6) is 0 Å². The number of nitrogens with zero attached hydrogens (tertiary/aromatic N) is 1. The van der Waals surface area contributed by atoms with E-state index in [1.807, 2.05) is 0 Å². The van der Waals surface area contributed by atoms with Crippen LogP contribution in [0.2, 0.25) is 0 Å². The van der Waals surface area contributed by atoms with E-state index in [1.54, 1.807) is 0 Å². The minimum atomic E-state index is 0.0581. The number of fused-ring (bicyclic) bond motifs is 3. The first-order chi connectivity index (χ1) is 8.24. The molecule has 1 aromatic carbocycles. The average molecular weight is 226 g/mol. The van der Waals surface area contributed by atoms with Crippen molar-refractivity contribution in [3.63, 3.8) is 0 Å². The van der Waals surface area contributed by atoms with Crippen molar-refractivity contribution in [2.24, 2.45) is 0 Å². The SMILES string of the molecule is CCC1(C)NCc2ccccc2-n2cccc21. The summed E-state index contributed by atoms with van der Waals surface area (Å²) in [6, 6.07) is 13.0. The van der Waals surface area contributed by atoms with E-state index in [4.69, 9.17) is 0 Å². The van der Waals surface area contributed by atoms with Crippen LogP contribution in [0.15, 0.2) is 42.6 Å². The molecule has 1 N–H and O–H groups in total. The lowest BCUT2D eigenvalue weighted by molar-refractivity contribution is 0.344. The molecule has 2 aromatic rings. The van der Waals surface area contributed by atoms with Crippen LogP contribution >= 0.6 is 0 Å². The summed E-state index contributed by atoms with van der Waals surface area (Å²) in [6.07, 6.45) is 3.25. The molecule has 1 atom stereocenters. The second-order valence-corrected chi connectivity index (χ2v) is 4.93. The molecule has 1 aliphatic heterocycles. The monoisotopic (exact) mass is 226 g/mol. The summed E-state index contributed by atoms with van der Waals surface area (Å²) in [5.41, 5.74) is 4.08. The van der Waals surface area contributed by atoms with Crippen LogP contribution in [-0.4, -0.2) is 4.57 Å². The molecule has 0 saturated carbocycles. The third kappa shape index (κ3) is 1.52. The number of benzene rings is 1. The Kier molecular flexibility index (Phi) is 2.33. The highest BCUT2D eigenvalue weighted by Crippen LogP contribution is 2.31. The number of rotatable bonds is 1. The minimum absolute atomic E-state index is 0.0581. The summed E-state index contributed by atoms with van der Waals surface area (Å²) >= 11 is 0. The van der Waals surface area contributed by atoms with E-state index in [0.717, 1.165) is 13.0 Å². The molecule has 0 amide bonds. The van der Waals surface area contributed by atoms with Crippen LogP contribution in [0.3, 0.4) is 0 Å². The van der Waals surface area contributed by atoms with Gasteiger partial charge in [0.2, 0.25) is 0 Å². The van der Waals surface area contributed by atoms with E-state index >= 15 is 0 Å². The van der Waals surface area contributed by atoms with Crippen LogP contribution in [-0.2, 0) is 12.1 Å². The Bertz CT molecular complexity index is 541. The van der Waals surface area contributed by atoms with Crippen LogP contribution in [0, 0.1) is 0 Å². The number of hydrogen-bond donors (Lipinski definition) is 1. The van der Waals surface area contributed by atoms with E-state index in [1.165, 1.54) is 16.9 Å². The largest absolute Gasteiger partial charge is 0.319 e. The molecule has 0 spiro atoms. The Labute approximate surface area is 102 Å². The Morgan fingerprint density at radius 2 is 2.06 bits per heavy atom. The quantitative estimate of drug-likeness (QED) is 0.790. The molecule has 1 aliphatic rings. The normalized spacial score (nSPS) is 22.7. The summed E-state index contributed by atoms with van der Waals surface area (Å²) in [7, 11) is 0. The Hall–Kier alpha value is -1.54. The second-order valence-electron chi connectivity index (χ2n) is 4.93. The lowest BCUT2D eigenvalue weighted by Gasteiger charge is -2.28. The van der Waals surface area contributed by atoms with E-state index in [2.05, 4.69) is 66.3 Å². The summed E-state index contributed by atoms with van der Waals surface area (Å²) in [6.45, 7) is 5.45. The van der Waals surface area contributed by atoms with Gasteiger partial charge in [-0.1, -0.05) is 25.1 Å². The van der Waals surface area contributed by atoms with Crippen molar-refractivity contribution in [1.82, 2.24) is 9.88 Å². The third-order valence-electron chi connectivity index (χ3n) is 3.94. The first-order valence-corrected chi connectivity index (χ1v) is 6.26. The van der Waals surface area contributed by atoms with Crippen molar-refractivity contribution < 1.29 is 0 Å². The van der Waals surface area contributed by atoms with Gasteiger partial charge in [-0.25, -0.2) is 0 Å². The van der Waals surface area contributed by atoms with Gasteiger partial charge in [0.05, 0.1) is 5.54 Å². The first kappa shape index (κ1) is 10.6. The fourth-order valence-electron chi connectivity index (χ4n) is 2.62. The Morgan fingerprint density at radius 3 is 2.88 bits per heavy atom. The van der Waals surface area contributed by atoms with Crippen molar-refractivity contribution >= 4 is 0 Å². The minimum Gasteiger partial charge on any atom is -0.319 e. The summed E-state index contributed by atoms with van der Waals surface area (Å²) < 4.78 is 2.32. The van der Waals surface area contributed by atoms with Crippen LogP contribution in [0.25, 0.3) is 5.69 Å². The van der Waals surface area contributed by atoms with Crippen molar-refractivity contribution in [3.8, 4) is 5.69 Å². The topological polar surface area (TPSA) is 17.0 Å². The van der Waals surface area contributed by atoms with E-state index in [9.17, 15) is 0 Å². The molecule has 1 aromatic heterocycles. The van der Waals surface area contributed by atoms with Gasteiger partial charge in [0, 0.05) is 24.1 Å². The van der Waals surface area contributed by atoms with Gasteiger partial charge in [0.15, 0.2) is 0 Å². The van der Waals surface area contributed by atoms with Crippen molar-refractivity contribution in [3.05, 3.63) is 53.9 Å². The third-order valence-corrected chi connectivity index (χ3v) is 3.94. The van der Waals surface area contributed by atoms with Crippen LogP contribution in [0.4, 0.5) is 0 Å². The van der Waals surface area contributed by atoms with Gasteiger partial charge in [-0.3, -0.25) is 0 Å².